The average molecular weight is 472 g/mol. The molecule has 4 rings (SSSR count). The van der Waals surface area contributed by atoms with Gasteiger partial charge in [0.25, 0.3) is 0 Å². The van der Waals surface area contributed by atoms with E-state index in [9.17, 15) is 14.7 Å². The van der Waals surface area contributed by atoms with Crippen LogP contribution >= 0.6 is 0 Å². The molecule has 0 bridgehead atoms. The molecule has 34 heavy (non-hydrogen) atoms. The van der Waals surface area contributed by atoms with Crippen molar-refractivity contribution in [1.82, 2.24) is 5.32 Å². The van der Waals surface area contributed by atoms with Crippen LogP contribution in [-0.4, -0.2) is 61.2 Å². The number of hydrogen-bond donors (Lipinski definition) is 2. The number of aliphatic hydroxyl groups is 1. The lowest BCUT2D eigenvalue weighted by Crippen LogP contribution is -2.67. The first-order chi connectivity index (χ1) is 16.4. The van der Waals surface area contributed by atoms with Crippen molar-refractivity contribution >= 4 is 11.7 Å². The Labute approximate surface area is 197 Å². The summed E-state index contributed by atoms with van der Waals surface area (Å²) in [5, 5.41) is 13.9. The van der Waals surface area contributed by atoms with Gasteiger partial charge in [0.2, 0.25) is 12.2 Å². The van der Waals surface area contributed by atoms with Crippen molar-refractivity contribution in [3.8, 4) is 11.5 Å². The average Bonchev–Trinajstić information content (AvgIpc) is 2.86. The number of aliphatic hydroxyl groups excluding tert-OH is 1. The van der Waals surface area contributed by atoms with Crippen LogP contribution in [0.25, 0.3) is 0 Å². The Morgan fingerprint density at radius 1 is 1.12 bits per heavy atom. The summed E-state index contributed by atoms with van der Waals surface area (Å²) in [6.45, 7) is 3.25. The first kappa shape index (κ1) is 24.2. The lowest BCUT2D eigenvalue weighted by Gasteiger charge is -2.47. The van der Waals surface area contributed by atoms with Crippen LogP contribution in [0, 0.1) is 0 Å². The fourth-order valence-corrected chi connectivity index (χ4v) is 4.13. The standard InChI is InChI=1S/C25H29NO8/c1-4-18(28)17-7-5-6-8-19(17)32-25-21(26-14(2)27)22(29)23-20(33-25)13-31-24(34-23)15-9-11-16(30-3)12-10-15/h5-12,20-25,29H,4,13H2,1-3H3,(H,26,27). The molecule has 2 aromatic rings. The molecule has 182 valence electrons. The molecule has 2 saturated heterocycles. The Bertz CT molecular complexity index is 1010. The van der Waals surface area contributed by atoms with Crippen LogP contribution in [-0.2, 0) is 19.0 Å². The Hall–Kier alpha value is -2.98. The first-order valence-corrected chi connectivity index (χ1v) is 11.2. The number of nitrogens with one attached hydrogen (secondary N) is 1. The van der Waals surface area contributed by atoms with E-state index in [-0.39, 0.29) is 18.3 Å². The highest BCUT2D eigenvalue weighted by Gasteiger charge is 2.50. The van der Waals surface area contributed by atoms with Gasteiger partial charge >= 0.3 is 0 Å². The number of fused-ring (bicyclic) bond motifs is 1. The molecule has 0 aromatic heterocycles. The van der Waals surface area contributed by atoms with E-state index >= 15 is 0 Å². The highest BCUT2D eigenvalue weighted by Crippen LogP contribution is 2.35. The van der Waals surface area contributed by atoms with E-state index < -0.39 is 36.9 Å². The molecule has 2 aromatic carbocycles. The molecule has 2 aliphatic rings. The summed E-state index contributed by atoms with van der Waals surface area (Å²) < 4.78 is 29.2. The van der Waals surface area contributed by atoms with Gasteiger partial charge in [-0.25, -0.2) is 0 Å². The topological polar surface area (TPSA) is 113 Å². The minimum Gasteiger partial charge on any atom is -0.497 e. The van der Waals surface area contributed by atoms with Gasteiger partial charge in [0.1, 0.15) is 35.9 Å². The molecule has 0 spiro atoms. The number of benzene rings is 2. The quantitative estimate of drug-likeness (QED) is 0.592. The van der Waals surface area contributed by atoms with Crippen LogP contribution in [0.4, 0.5) is 0 Å². The van der Waals surface area contributed by atoms with Gasteiger partial charge in [-0.05, 0) is 24.3 Å². The predicted molar refractivity (Wildman–Crippen MR) is 121 cm³/mol. The number of methoxy groups -OCH3 is 1. The van der Waals surface area contributed by atoms with E-state index in [1.165, 1.54) is 6.92 Å². The van der Waals surface area contributed by atoms with E-state index in [2.05, 4.69) is 5.32 Å². The highest BCUT2D eigenvalue weighted by molar-refractivity contribution is 5.98. The number of para-hydroxylation sites is 1. The second kappa shape index (κ2) is 10.5. The second-order valence-corrected chi connectivity index (χ2v) is 8.19. The molecule has 6 atom stereocenters. The number of carbonyl (C=O) groups excluding carboxylic acids is 2. The molecule has 2 aliphatic heterocycles. The largest absolute Gasteiger partial charge is 0.497 e. The van der Waals surface area contributed by atoms with Gasteiger partial charge in [-0.3, -0.25) is 9.59 Å². The van der Waals surface area contributed by atoms with Gasteiger partial charge in [-0.2, -0.15) is 0 Å². The monoisotopic (exact) mass is 471 g/mol. The number of rotatable bonds is 7. The van der Waals surface area contributed by atoms with Crippen LogP contribution in [0.5, 0.6) is 11.5 Å². The maximum Gasteiger partial charge on any atom is 0.223 e. The zero-order valence-corrected chi connectivity index (χ0v) is 19.3. The Kier molecular flexibility index (Phi) is 7.47. The minimum atomic E-state index is -1.15. The lowest BCUT2D eigenvalue weighted by molar-refractivity contribution is -0.333. The summed E-state index contributed by atoms with van der Waals surface area (Å²) >= 11 is 0. The van der Waals surface area contributed by atoms with Crippen molar-refractivity contribution in [2.24, 2.45) is 0 Å². The molecule has 0 radical (unpaired) electrons. The Morgan fingerprint density at radius 2 is 1.85 bits per heavy atom. The van der Waals surface area contributed by atoms with Crippen LogP contribution in [0.15, 0.2) is 48.5 Å². The zero-order chi connectivity index (χ0) is 24.2. The second-order valence-electron chi connectivity index (χ2n) is 8.19. The number of Topliss-reactive ketones (excluding diaryl/α,β-unsaturated/α-hetero) is 1. The van der Waals surface area contributed by atoms with Gasteiger partial charge < -0.3 is 34.1 Å². The van der Waals surface area contributed by atoms with Gasteiger partial charge in [-0.1, -0.05) is 31.2 Å². The van der Waals surface area contributed by atoms with Crippen molar-refractivity contribution in [3.05, 3.63) is 59.7 Å². The maximum absolute atomic E-state index is 12.4. The van der Waals surface area contributed by atoms with Gasteiger partial charge in [0, 0.05) is 18.9 Å². The minimum absolute atomic E-state index is 0.0902. The maximum atomic E-state index is 12.4. The Morgan fingerprint density at radius 3 is 2.53 bits per heavy atom. The number of hydrogen-bond acceptors (Lipinski definition) is 8. The van der Waals surface area contributed by atoms with Crippen molar-refractivity contribution in [2.45, 2.75) is 57.2 Å². The predicted octanol–water partition coefficient (Wildman–Crippen LogP) is 2.37. The number of ketones is 1. The zero-order valence-electron chi connectivity index (χ0n) is 19.3. The van der Waals surface area contributed by atoms with Crippen molar-refractivity contribution in [2.75, 3.05) is 13.7 Å². The molecular weight excluding hydrogens is 442 g/mol. The summed E-state index contributed by atoms with van der Waals surface area (Å²) in [5.74, 6) is 0.559. The Balaban J connectivity index is 1.55. The van der Waals surface area contributed by atoms with Crippen molar-refractivity contribution in [1.29, 1.82) is 0 Å². The fourth-order valence-electron chi connectivity index (χ4n) is 4.13. The summed E-state index contributed by atoms with van der Waals surface area (Å²) in [4.78, 5) is 24.3. The molecule has 2 fully saturated rings. The molecule has 2 N–H and O–H groups in total. The van der Waals surface area contributed by atoms with Crippen molar-refractivity contribution < 1.29 is 38.4 Å². The number of amides is 1. The third kappa shape index (κ3) is 5.07. The first-order valence-electron chi connectivity index (χ1n) is 11.2. The van der Waals surface area contributed by atoms with E-state index in [1.54, 1.807) is 50.4 Å². The fraction of sp³-hybridized carbons (Fsp3) is 0.440. The third-order valence-electron chi connectivity index (χ3n) is 5.88. The molecule has 1 amide bonds. The van der Waals surface area contributed by atoms with Gasteiger partial charge in [0.05, 0.1) is 19.3 Å². The summed E-state index contributed by atoms with van der Waals surface area (Å²) in [6, 6.07) is 13.1. The van der Waals surface area contributed by atoms with Crippen LogP contribution < -0.4 is 14.8 Å². The normalized spacial score (nSPS) is 28.5. The molecule has 0 aliphatic carbocycles. The van der Waals surface area contributed by atoms with E-state index in [4.69, 9.17) is 23.7 Å². The van der Waals surface area contributed by atoms with Crippen molar-refractivity contribution in [3.63, 3.8) is 0 Å². The van der Waals surface area contributed by atoms with E-state index in [1.807, 2.05) is 12.1 Å². The van der Waals surface area contributed by atoms with E-state index in [0.717, 1.165) is 5.56 Å². The molecule has 2 heterocycles. The molecule has 0 saturated carbocycles. The summed E-state index contributed by atoms with van der Waals surface area (Å²) in [7, 11) is 1.58. The van der Waals surface area contributed by atoms with E-state index in [0.29, 0.717) is 23.5 Å². The van der Waals surface area contributed by atoms with Crippen LogP contribution in [0.3, 0.4) is 0 Å². The summed E-state index contributed by atoms with van der Waals surface area (Å²) in [6.07, 6.45) is -4.03. The number of carbonyl (C=O) groups is 2. The summed E-state index contributed by atoms with van der Waals surface area (Å²) in [5.41, 5.74) is 1.16. The molecule has 9 nitrogen and oxygen atoms in total. The SMILES string of the molecule is CCC(=O)c1ccccc1OC1OC2COC(c3ccc(OC)cc3)OC2C(O)C1NC(C)=O. The molecule has 9 heteroatoms. The molecular formula is C25H29NO8. The van der Waals surface area contributed by atoms with Crippen LogP contribution in [0.1, 0.15) is 42.5 Å². The number of ether oxygens (including phenoxy) is 5. The third-order valence-corrected chi connectivity index (χ3v) is 5.88. The van der Waals surface area contributed by atoms with Gasteiger partial charge in [-0.15, -0.1) is 0 Å². The lowest BCUT2D eigenvalue weighted by atomic mass is 9.95. The molecule has 6 unspecified atom stereocenters. The smallest absolute Gasteiger partial charge is 0.223 e. The highest BCUT2D eigenvalue weighted by atomic mass is 16.7. The van der Waals surface area contributed by atoms with Gasteiger partial charge in [0.15, 0.2) is 12.1 Å². The van der Waals surface area contributed by atoms with Crippen LogP contribution in [0.2, 0.25) is 0 Å².